The Morgan fingerprint density at radius 1 is 1.06 bits per heavy atom. The van der Waals surface area contributed by atoms with Gasteiger partial charge in [-0.15, -0.1) is 11.8 Å². The average Bonchev–Trinajstić information content (AvgIpc) is 3.19. The molecule has 2 saturated heterocycles. The molecule has 2 aromatic rings. The third kappa shape index (κ3) is 4.84. The summed E-state index contributed by atoms with van der Waals surface area (Å²) in [7, 11) is 0. The van der Waals surface area contributed by atoms with E-state index in [1.807, 2.05) is 53.6 Å². The summed E-state index contributed by atoms with van der Waals surface area (Å²) < 4.78 is 5.68. The highest BCUT2D eigenvalue weighted by Gasteiger charge is 2.47. The standard InChI is InChI=1S/C24H28ClN3O3S/c1-17-4-3-5-18(2)22(17)26-23(30)27-12-10-24(11-13-27)28(14-15-32-24)21(29)16-31-20-8-6-19(25)7-9-20/h3-9H,10-16H2,1-2H3,(H,26,30). The lowest BCUT2D eigenvalue weighted by Gasteiger charge is -2.44. The van der Waals surface area contributed by atoms with E-state index in [0.29, 0.717) is 30.4 Å². The summed E-state index contributed by atoms with van der Waals surface area (Å²) in [5.41, 5.74) is 2.98. The molecule has 0 atom stereocenters. The number of carbonyl (C=O) groups is 2. The second-order valence-electron chi connectivity index (χ2n) is 8.27. The predicted molar refractivity (Wildman–Crippen MR) is 130 cm³/mol. The SMILES string of the molecule is Cc1cccc(C)c1NC(=O)N1CCC2(CC1)SCCN2C(=O)COc1ccc(Cl)cc1. The number of benzene rings is 2. The van der Waals surface area contributed by atoms with Crippen molar-refractivity contribution in [3.8, 4) is 5.75 Å². The molecule has 1 N–H and O–H groups in total. The maximum atomic E-state index is 13.0. The lowest BCUT2D eigenvalue weighted by Crippen LogP contribution is -2.55. The molecule has 1 spiro atoms. The van der Waals surface area contributed by atoms with E-state index in [1.54, 1.807) is 24.3 Å². The number of para-hydroxylation sites is 1. The van der Waals surface area contributed by atoms with Gasteiger partial charge in [-0.3, -0.25) is 4.79 Å². The summed E-state index contributed by atoms with van der Waals surface area (Å²) in [6.07, 6.45) is 1.51. The first-order chi connectivity index (χ1) is 15.4. The number of likely N-dealkylation sites (tertiary alicyclic amines) is 1. The number of hydrogen-bond acceptors (Lipinski definition) is 4. The molecule has 8 heteroatoms. The molecule has 0 aromatic heterocycles. The average molecular weight is 474 g/mol. The normalized spacial score (nSPS) is 17.5. The highest BCUT2D eigenvalue weighted by molar-refractivity contribution is 8.00. The Morgan fingerprint density at radius 3 is 2.38 bits per heavy atom. The number of thioether (sulfide) groups is 1. The van der Waals surface area contributed by atoms with Crippen molar-refractivity contribution >= 4 is 41.0 Å². The Balaban J connectivity index is 1.34. The van der Waals surface area contributed by atoms with Crippen molar-refractivity contribution in [2.45, 2.75) is 31.6 Å². The lowest BCUT2D eigenvalue weighted by molar-refractivity contribution is -0.136. The third-order valence-corrected chi connectivity index (χ3v) is 8.00. The molecule has 2 aromatic carbocycles. The molecule has 32 heavy (non-hydrogen) atoms. The molecule has 2 aliphatic heterocycles. The van der Waals surface area contributed by atoms with Crippen LogP contribution >= 0.6 is 23.4 Å². The van der Waals surface area contributed by atoms with Crippen LogP contribution in [0, 0.1) is 13.8 Å². The molecule has 170 valence electrons. The maximum absolute atomic E-state index is 13.0. The van der Waals surface area contributed by atoms with Gasteiger partial charge in [0.25, 0.3) is 5.91 Å². The number of amides is 3. The summed E-state index contributed by atoms with van der Waals surface area (Å²) >= 11 is 7.73. The molecule has 2 heterocycles. The molecular weight excluding hydrogens is 446 g/mol. The second-order valence-corrected chi connectivity index (χ2v) is 10.2. The fourth-order valence-corrected chi connectivity index (χ4v) is 5.99. The van der Waals surface area contributed by atoms with E-state index in [4.69, 9.17) is 16.3 Å². The van der Waals surface area contributed by atoms with Gasteiger partial charge in [0, 0.05) is 36.1 Å². The Morgan fingerprint density at radius 2 is 1.72 bits per heavy atom. The van der Waals surface area contributed by atoms with Crippen LogP contribution in [0.25, 0.3) is 0 Å². The van der Waals surface area contributed by atoms with Crippen LogP contribution in [0.4, 0.5) is 10.5 Å². The Bertz CT molecular complexity index is 970. The van der Waals surface area contributed by atoms with Crippen molar-refractivity contribution in [3.63, 3.8) is 0 Å². The van der Waals surface area contributed by atoms with Crippen molar-refractivity contribution in [3.05, 3.63) is 58.6 Å². The van der Waals surface area contributed by atoms with Gasteiger partial charge >= 0.3 is 6.03 Å². The number of piperidine rings is 1. The number of rotatable bonds is 4. The number of hydrogen-bond donors (Lipinski definition) is 1. The minimum atomic E-state index is -0.254. The van der Waals surface area contributed by atoms with Crippen LogP contribution in [0.2, 0.25) is 5.02 Å². The molecule has 6 nitrogen and oxygen atoms in total. The number of nitrogens with one attached hydrogen (secondary N) is 1. The first kappa shape index (κ1) is 22.8. The van der Waals surface area contributed by atoms with Gasteiger partial charge in [0.15, 0.2) is 6.61 Å². The summed E-state index contributed by atoms with van der Waals surface area (Å²) in [5, 5.41) is 3.71. The molecule has 4 rings (SSSR count). The number of urea groups is 1. The van der Waals surface area contributed by atoms with Gasteiger partial charge < -0.3 is 19.9 Å². The highest BCUT2D eigenvalue weighted by atomic mass is 35.5. The second kappa shape index (κ2) is 9.63. The molecule has 3 amide bonds. The van der Waals surface area contributed by atoms with E-state index in [1.165, 1.54) is 0 Å². The van der Waals surface area contributed by atoms with Gasteiger partial charge in [-0.2, -0.15) is 0 Å². The van der Waals surface area contributed by atoms with Crippen LogP contribution in [-0.4, -0.2) is 58.6 Å². The van der Waals surface area contributed by atoms with Crippen molar-refractivity contribution in [1.29, 1.82) is 0 Å². The number of aryl methyl sites for hydroxylation is 2. The maximum Gasteiger partial charge on any atom is 0.321 e. The van der Waals surface area contributed by atoms with Crippen molar-refractivity contribution in [1.82, 2.24) is 9.80 Å². The molecule has 0 aliphatic carbocycles. The topological polar surface area (TPSA) is 61.9 Å². The summed E-state index contributed by atoms with van der Waals surface area (Å²) in [5.74, 6) is 1.52. The monoisotopic (exact) mass is 473 g/mol. The summed E-state index contributed by atoms with van der Waals surface area (Å²) in [4.78, 5) is 29.4. The van der Waals surface area contributed by atoms with Gasteiger partial charge in [-0.05, 0) is 62.1 Å². The van der Waals surface area contributed by atoms with E-state index in [0.717, 1.165) is 35.4 Å². The Kier molecular flexibility index (Phi) is 6.86. The Labute approximate surface area is 198 Å². The summed E-state index contributed by atoms with van der Waals surface area (Å²) in [6, 6.07) is 12.9. The van der Waals surface area contributed by atoms with E-state index in [-0.39, 0.29) is 23.4 Å². The van der Waals surface area contributed by atoms with Crippen molar-refractivity contribution < 1.29 is 14.3 Å². The fraction of sp³-hybridized carbons (Fsp3) is 0.417. The Hall–Kier alpha value is -2.38. The van der Waals surface area contributed by atoms with E-state index < -0.39 is 0 Å². The zero-order valence-electron chi connectivity index (χ0n) is 18.4. The zero-order chi connectivity index (χ0) is 22.7. The smallest absolute Gasteiger partial charge is 0.321 e. The molecule has 0 unspecified atom stereocenters. The fourth-order valence-electron chi connectivity index (χ4n) is 4.39. The van der Waals surface area contributed by atoms with Gasteiger partial charge in [-0.1, -0.05) is 29.8 Å². The molecule has 0 saturated carbocycles. The van der Waals surface area contributed by atoms with Crippen LogP contribution in [0.1, 0.15) is 24.0 Å². The van der Waals surface area contributed by atoms with Crippen LogP contribution in [0.5, 0.6) is 5.75 Å². The van der Waals surface area contributed by atoms with E-state index >= 15 is 0 Å². The van der Waals surface area contributed by atoms with Gasteiger partial charge in [0.05, 0.1) is 4.87 Å². The number of nitrogens with zero attached hydrogens (tertiary/aromatic N) is 2. The zero-order valence-corrected chi connectivity index (χ0v) is 20.0. The molecule has 0 bridgehead atoms. The van der Waals surface area contributed by atoms with Crippen LogP contribution in [-0.2, 0) is 4.79 Å². The summed E-state index contributed by atoms with van der Waals surface area (Å²) in [6.45, 7) is 5.94. The van der Waals surface area contributed by atoms with Gasteiger partial charge in [-0.25, -0.2) is 4.79 Å². The molecule has 0 radical (unpaired) electrons. The van der Waals surface area contributed by atoms with Gasteiger partial charge in [0.1, 0.15) is 5.75 Å². The third-order valence-electron chi connectivity index (χ3n) is 6.20. The minimum absolute atomic E-state index is 0.000698. The minimum Gasteiger partial charge on any atom is -0.484 e. The van der Waals surface area contributed by atoms with E-state index in [9.17, 15) is 9.59 Å². The number of carbonyl (C=O) groups excluding carboxylic acids is 2. The number of anilines is 1. The first-order valence-corrected chi connectivity index (χ1v) is 12.2. The first-order valence-electron chi connectivity index (χ1n) is 10.8. The van der Waals surface area contributed by atoms with Crippen LogP contribution < -0.4 is 10.1 Å². The lowest BCUT2D eigenvalue weighted by atomic mass is 10.0. The number of halogens is 1. The van der Waals surface area contributed by atoms with Crippen molar-refractivity contribution in [2.24, 2.45) is 0 Å². The highest BCUT2D eigenvalue weighted by Crippen LogP contribution is 2.44. The van der Waals surface area contributed by atoms with E-state index in [2.05, 4.69) is 5.32 Å². The van der Waals surface area contributed by atoms with Crippen LogP contribution in [0.15, 0.2) is 42.5 Å². The predicted octanol–water partition coefficient (Wildman–Crippen LogP) is 4.94. The largest absolute Gasteiger partial charge is 0.484 e. The molecular formula is C24H28ClN3O3S. The van der Waals surface area contributed by atoms with Gasteiger partial charge in [0.2, 0.25) is 0 Å². The molecule has 2 aliphatic rings. The van der Waals surface area contributed by atoms with Crippen molar-refractivity contribution in [2.75, 3.05) is 37.3 Å². The molecule has 2 fully saturated rings. The van der Waals surface area contributed by atoms with Crippen LogP contribution in [0.3, 0.4) is 0 Å². The quantitative estimate of drug-likeness (QED) is 0.683. The number of ether oxygens (including phenoxy) is 1.